The number of hydrogen-bond acceptors (Lipinski definition) is 8. The Bertz CT molecular complexity index is 2280. The number of hydrogen-bond donors (Lipinski definition) is 4. The minimum Gasteiger partial charge on any atom is -0.478 e. The van der Waals surface area contributed by atoms with Crippen molar-refractivity contribution in [3.63, 3.8) is 0 Å². The summed E-state index contributed by atoms with van der Waals surface area (Å²) < 4.78 is 0. The lowest BCUT2D eigenvalue weighted by atomic mass is 9.89. The number of aromatic nitrogens is 2. The number of aryl methyl sites for hydroxylation is 2. The van der Waals surface area contributed by atoms with Crippen LogP contribution in [-0.2, 0) is 25.7 Å². The second-order valence-corrected chi connectivity index (χ2v) is 16.0. The van der Waals surface area contributed by atoms with Crippen molar-refractivity contribution in [2.24, 2.45) is 0 Å². The Morgan fingerprint density at radius 3 is 1.37 bits per heavy atom. The Morgan fingerprint density at radius 1 is 0.600 bits per heavy atom. The number of fused-ring (bicyclic) bond motifs is 2. The molecule has 4 heterocycles. The van der Waals surface area contributed by atoms with Crippen LogP contribution in [0.1, 0.15) is 79.0 Å². The minimum absolute atomic E-state index is 0.200. The average Bonchev–Trinajstić information content (AvgIpc) is 3.27. The van der Waals surface area contributed by atoms with E-state index in [1.165, 1.54) is 34.6 Å². The highest BCUT2D eigenvalue weighted by Crippen LogP contribution is 2.34. The summed E-state index contributed by atoms with van der Waals surface area (Å²) in [5, 5.41) is 27.4. The predicted octanol–water partition coefficient (Wildman–Crippen LogP) is 10.0. The largest absolute Gasteiger partial charge is 0.478 e. The summed E-state index contributed by atoms with van der Waals surface area (Å²) in [6, 6.07) is 32.4. The third-order valence-electron chi connectivity index (χ3n) is 11.4. The summed E-state index contributed by atoms with van der Waals surface area (Å²) in [6.45, 7) is 1.81. The van der Waals surface area contributed by atoms with Gasteiger partial charge in [-0.05, 0) is 170 Å². The predicted molar refractivity (Wildman–Crippen MR) is 240 cm³/mol. The number of carbonyl (C=O) groups is 2. The molecule has 4 aromatic carbocycles. The number of aromatic carboxylic acids is 2. The van der Waals surface area contributed by atoms with E-state index in [0.717, 1.165) is 82.7 Å². The van der Waals surface area contributed by atoms with Gasteiger partial charge >= 0.3 is 11.9 Å². The second kappa shape index (κ2) is 19.5. The summed E-state index contributed by atoms with van der Waals surface area (Å²) in [5.74, 6) is -1.81. The Morgan fingerprint density at radius 2 is 0.983 bits per heavy atom. The van der Waals surface area contributed by atoms with Gasteiger partial charge in [-0.15, -0.1) is 0 Å². The van der Waals surface area contributed by atoms with Crippen LogP contribution in [0.25, 0.3) is 0 Å². The quantitative estimate of drug-likeness (QED) is 0.0945. The van der Waals surface area contributed by atoms with Crippen molar-refractivity contribution >= 4 is 57.9 Å². The summed E-state index contributed by atoms with van der Waals surface area (Å²) >= 11 is 12.0. The number of pyridine rings is 2. The lowest BCUT2D eigenvalue weighted by molar-refractivity contribution is 0.0684. The van der Waals surface area contributed by atoms with Crippen LogP contribution in [0.15, 0.2) is 122 Å². The van der Waals surface area contributed by atoms with E-state index in [2.05, 4.69) is 80.9 Å². The molecule has 60 heavy (non-hydrogen) atoms. The van der Waals surface area contributed by atoms with Crippen LogP contribution in [0.5, 0.6) is 0 Å². The number of carboxylic acids is 2. The number of halogens is 2. The van der Waals surface area contributed by atoms with Gasteiger partial charge in [0.05, 0.1) is 11.1 Å². The maximum atomic E-state index is 11.5. The maximum absolute atomic E-state index is 11.5. The molecule has 2 aromatic heterocycles. The van der Waals surface area contributed by atoms with Gasteiger partial charge in [0, 0.05) is 83.8 Å². The first-order valence-electron chi connectivity index (χ1n) is 20.1. The monoisotopic (exact) mass is 842 g/mol. The molecule has 10 nitrogen and oxygen atoms in total. The molecule has 0 radical (unpaired) electrons. The van der Waals surface area contributed by atoms with Crippen molar-refractivity contribution in [1.29, 1.82) is 0 Å². The number of nitrogens with one attached hydrogen (secondary N) is 2. The van der Waals surface area contributed by atoms with Gasteiger partial charge in [-0.2, -0.15) is 0 Å². The van der Waals surface area contributed by atoms with Crippen LogP contribution in [0.3, 0.4) is 0 Å². The van der Waals surface area contributed by atoms with Gasteiger partial charge in [-0.3, -0.25) is 9.97 Å². The van der Waals surface area contributed by atoms with Crippen LogP contribution in [0, 0.1) is 0 Å². The number of carboxylic acid groups (broad SMARTS) is 2. The minimum atomic E-state index is -0.903. The molecule has 4 N–H and O–H groups in total. The zero-order valence-electron chi connectivity index (χ0n) is 33.6. The smallest absolute Gasteiger partial charge is 0.336 e. The molecule has 0 spiro atoms. The first kappa shape index (κ1) is 42.3. The number of benzene rings is 4. The van der Waals surface area contributed by atoms with Gasteiger partial charge in [0.25, 0.3) is 0 Å². The Hall–Kier alpha value is -5.78. The maximum Gasteiger partial charge on any atom is 0.336 e. The zero-order valence-corrected chi connectivity index (χ0v) is 35.1. The van der Waals surface area contributed by atoms with E-state index >= 15 is 0 Å². The molecule has 6 aromatic rings. The van der Waals surface area contributed by atoms with Crippen molar-refractivity contribution in [3.05, 3.63) is 176 Å². The summed E-state index contributed by atoms with van der Waals surface area (Å²) in [6.07, 6.45) is 11.3. The SMILES string of the molecule is CN(c1ccc(Cl)cc1)c1ccc2c(c1)CCN[C@@H]2CCc1cnccc1C(=O)O.CN(c1ccc(Cl)cc1)c1ccc2c(c1)CCN[C@H]2CCc1cnccc1C(=O)O. The third-order valence-corrected chi connectivity index (χ3v) is 12.0. The highest BCUT2D eigenvalue weighted by molar-refractivity contribution is 6.30. The van der Waals surface area contributed by atoms with Crippen molar-refractivity contribution in [2.45, 2.75) is 50.6 Å². The first-order valence-corrected chi connectivity index (χ1v) is 20.8. The fraction of sp³-hybridized carbons (Fsp3) is 0.250. The molecule has 308 valence electrons. The molecule has 2 aliphatic heterocycles. The zero-order chi connectivity index (χ0) is 42.2. The molecule has 2 atom stereocenters. The third kappa shape index (κ3) is 10.1. The van der Waals surface area contributed by atoms with Crippen LogP contribution >= 0.6 is 23.2 Å². The van der Waals surface area contributed by atoms with Gasteiger partial charge in [0.2, 0.25) is 0 Å². The van der Waals surface area contributed by atoms with Crippen LogP contribution in [0.2, 0.25) is 10.0 Å². The molecule has 0 bridgehead atoms. The molecule has 12 heteroatoms. The van der Waals surface area contributed by atoms with Gasteiger partial charge in [0.1, 0.15) is 0 Å². The fourth-order valence-corrected chi connectivity index (χ4v) is 8.36. The number of rotatable bonds is 12. The van der Waals surface area contributed by atoms with Gasteiger partial charge < -0.3 is 30.6 Å². The van der Waals surface area contributed by atoms with Crippen molar-refractivity contribution in [2.75, 3.05) is 37.0 Å². The summed E-state index contributed by atoms with van der Waals surface area (Å²) in [4.78, 5) is 35.4. The highest BCUT2D eigenvalue weighted by Gasteiger charge is 2.23. The molecule has 0 unspecified atom stereocenters. The van der Waals surface area contributed by atoms with Gasteiger partial charge in [-0.1, -0.05) is 35.3 Å². The van der Waals surface area contributed by atoms with Crippen molar-refractivity contribution in [1.82, 2.24) is 20.6 Å². The number of nitrogens with zero attached hydrogens (tertiary/aromatic N) is 4. The van der Waals surface area contributed by atoms with E-state index in [1.807, 2.05) is 48.5 Å². The van der Waals surface area contributed by atoms with Crippen LogP contribution < -0.4 is 20.4 Å². The fourth-order valence-electron chi connectivity index (χ4n) is 8.11. The second-order valence-electron chi connectivity index (χ2n) is 15.1. The molecule has 0 saturated heterocycles. The van der Waals surface area contributed by atoms with Crippen LogP contribution in [0.4, 0.5) is 22.7 Å². The number of anilines is 4. The standard InChI is InChI=1S/2C24H24ClN3O2/c2*1-28(19-5-3-18(25)4-6-19)20-7-8-21-16(14-20)10-13-27-23(21)9-2-17-15-26-12-11-22(17)24(29)30/h2*3-8,11-12,14-15,23,27H,2,9-10,13H2,1H3,(H,29,30)/t2*23-/m10/s1. The van der Waals surface area contributed by atoms with E-state index < -0.39 is 11.9 Å². The van der Waals surface area contributed by atoms with E-state index in [0.29, 0.717) is 24.0 Å². The van der Waals surface area contributed by atoms with E-state index in [9.17, 15) is 19.8 Å². The van der Waals surface area contributed by atoms with Gasteiger partial charge in [0.15, 0.2) is 0 Å². The Balaban J connectivity index is 0.000000181. The normalized spacial score (nSPS) is 15.5. The van der Waals surface area contributed by atoms with Gasteiger partial charge in [-0.25, -0.2) is 9.59 Å². The summed E-state index contributed by atoms with van der Waals surface area (Å²) in [7, 11) is 4.11. The molecular weight excluding hydrogens is 795 g/mol. The van der Waals surface area contributed by atoms with Crippen molar-refractivity contribution < 1.29 is 19.8 Å². The molecule has 2 aliphatic rings. The molecule has 0 fully saturated rings. The van der Waals surface area contributed by atoms with Crippen molar-refractivity contribution in [3.8, 4) is 0 Å². The Kier molecular flexibility index (Phi) is 13.8. The topological polar surface area (TPSA) is 131 Å². The van der Waals surface area contributed by atoms with E-state index in [1.54, 1.807) is 24.5 Å². The highest BCUT2D eigenvalue weighted by atomic mass is 35.5. The van der Waals surface area contributed by atoms with E-state index in [4.69, 9.17) is 23.2 Å². The molecule has 0 aliphatic carbocycles. The molecule has 0 amide bonds. The molecule has 8 rings (SSSR count). The lowest BCUT2D eigenvalue weighted by Crippen LogP contribution is -2.30. The Labute approximate surface area is 360 Å². The first-order chi connectivity index (χ1) is 29.0. The average molecular weight is 844 g/mol. The molecule has 0 saturated carbocycles. The van der Waals surface area contributed by atoms with E-state index in [-0.39, 0.29) is 12.1 Å². The molecular formula is C48H48Cl2N6O4. The summed E-state index contributed by atoms with van der Waals surface area (Å²) in [5.41, 5.74) is 11.9. The lowest BCUT2D eigenvalue weighted by Gasteiger charge is -2.29. The van der Waals surface area contributed by atoms with Crippen LogP contribution in [-0.4, -0.2) is 59.3 Å².